The van der Waals surface area contributed by atoms with Crippen molar-refractivity contribution in [2.45, 2.75) is 17.8 Å². The summed E-state index contributed by atoms with van der Waals surface area (Å²) in [6.07, 6.45) is 0.801. The molecule has 102 valence electrons. The summed E-state index contributed by atoms with van der Waals surface area (Å²) in [5.41, 5.74) is 3.02. The van der Waals surface area contributed by atoms with Crippen LogP contribution in [0.3, 0.4) is 0 Å². The lowest BCUT2D eigenvalue weighted by atomic mass is 10.1. The third kappa shape index (κ3) is 2.69. The van der Waals surface area contributed by atoms with Gasteiger partial charge in [0.05, 0.1) is 11.4 Å². The number of amides is 1. The van der Waals surface area contributed by atoms with Crippen LogP contribution in [0.5, 0.6) is 0 Å². The van der Waals surface area contributed by atoms with Crippen molar-refractivity contribution in [1.82, 2.24) is 5.32 Å². The van der Waals surface area contributed by atoms with Crippen molar-refractivity contribution in [3.05, 3.63) is 68.8 Å². The molecule has 0 spiro atoms. The van der Waals surface area contributed by atoms with Crippen molar-refractivity contribution in [1.29, 1.82) is 0 Å². The average Bonchev–Trinajstić information content (AvgIpc) is 2.76. The largest absolute Gasteiger partial charge is 0.344 e. The molecule has 3 rings (SSSR count). The van der Waals surface area contributed by atoms with Crippen LogP contribution in [0.1, 0.15) is 27.5 Å². The lowest BCUT2D eigenvalue weighted by molar-refractivity contribution is 0.0937. The van der Waals surface area contributed by atoms with Gasteiger partial charge in [-0.25, -0.2) is 0 Å². The molecule has 1 aliphatic carbocycles. The molecule has 1 amide bonds. The molecular formula is C16H13ClINO. The van der Waals surface area contributed by atoms with Crippen LogP contribution in [0.15, 0.2) is 48.5 Å². The molecule has 1 aliphatic rings. The molecule has 0 aromatic heterocycles. The number of carbonyl (C=O) groups is 1. The zero-order valence-corrected chi connectivity index (χ0v) is 13.6. The summed E-state index contributed by atoms with van der Waals surface area (Å²) < 4.78 is 1.11. The van der Waals surface area contributed by atoms with Crippen molar-refractivity contribution < 1.29 is 4.79 Å². The Morgan fingerprint density at radius 3 is 2.60 bits per heavy atom. The minimum Gasteiger partial charge on any atom is -0.344 e. The van der Waals surface area contributed by atoms with Crippen LogP contribution in [0.2, 0.25) is 0 Å². The number of carbonyl (C=O) groups excluding carboxylic acids is 1. The summed E-state index contributed by atoms with van der Waals surface area (Å²) in [6, 6.07) is 15.5. The van der Waals surface area contributed by atoms with Gasteiger partial charge in [0.2, 0.25) is 0 Å². The zero-order valence-electron chi connectivity index (χ0n) is 10.6. The van der Waals surface area contributed by atoms with Crippen LogP contribution in [0.25, 0.3) is 0 Å². The number of halogens is 2. The lowest BCUT2D eigenvalue weighted by Crippen LogP contribution is -2.31. The molecule has 4 heteroatoms. The van der Waals surface area contributed by atoms with E-state index in [2.05, 4.69) is 34.0 Å². The molecule has 2 unspecified atom stereocenters. The molecule has 2 atom stereocenters. The van der Waals surface area contributed by atoms with Gasteiger partial charge in [0, 0.05) is 9.13 Å². The topological polar surface area (TPSA) is 29.1 Å². The van der Waals surface area contributed by atoms with Gasteiger partial charge in [0.25, 0.3) is 5.91 Å². The van der Waals surface area contributed by atoms with Gasteiger partial charge in [-0.05, 0) is 64.4 Å². The van der Waals surface area contributed by atoms with E-state index >= 15 is 0 Å². The van der Waals surface area contributed by atoms with Crippen LogP contribution in [0, 0.1) is 3.57 Å². The van der Waals surface area contributed by atoms with Crippen LogP contribution in [0.4, 0.5) is 0 Å². The Morgan fingerprint density at radius 2 is 1.85 bits per heavy atom. The van der Waals surface area contributed by atoms with Crippen molar-refractivity contribution in [3.63, 3.8) is 0 Å². The Bertz CT molecular complexity index is 641. The fraction of sp³-hybridized carbons (Fsp3) is 0.188. The molecule has 0 fully saturated rings. The highest BCUT2D eigenvalue weighted by atomic mass is 127. The Morgan fingerprint density at radius 1 is 1.15 bits per heavy atom. The number of rotatable bonds is 2. The molecular weight excluding hydrogens is 385 g/mol. The first-order valence-electron chi connectivity index (χ1n) is 6.43. The number of alkyl halides is 1. The van der Waals surface area contributed by atoms with E-state index < -0.39 is 0 Å². The molecule has 0 bridgehead atoms. The van der Waals surface area contributed by atoms with E-state index in [1.165, 1.54) is 5.56 Å². The second kappa shape index (κ2) is 5.74. The van der Waals surface area contributed by atoms with Crippen molar-refractivity contribution in [2.24, 2.45) is 0 Å². The zero-order chi connectivity index (χ0) is 14.1. The molecule has 0 aliphatic heterocycles. The molecule has 0 radical (unpaired) electrons. The van der Waals surface area contributed by atoms with E-state index in [1.807, 2.05) is 42.5 Å². The third-order valence-electron chi connectivity index (χ3n) is 3.56. The average molecular weight is 398 g/mol. The lowest BCUT2D eigenvalue weighted by Gasteiger charge is -2.17. The van der Waals surface area contributed by atoms with E-state index in [0.717, 1.165) is 15.6 Å². The monoisotopic (exact) mass is 397 g/mol. The molecule has 2 aromatic rings. The minimum absolute atomic E-state index is 0.0752. The van der Waals surface area contributed by atoms with Crippen LogP contribution in [-0.2, 0) is 6.42 Å². The maximum atomic E-state index is 12.3. The Balaban J connectivity index is 1.81. The predicted molar refractivity (Wildman–Crippen MR) is 89.2 cm³/mol. The predicted octanol–water partition coefficient (Wildman–Crippen LogP) is 3.93. The van der Waals surface area contributed by atoms with Gasteiger partial charge < -0.3 is 5.32 Å². The van der Waals surface area contributed by atoms with E-state index in [4.69, 9.17) is 11.6 Å². The fourth-order valence-electron chi connectivity index (χ4n) is 2.54. The number of fused-ring (bicyclic) bond motifs is 1. The van der Waals surface area contributed by atoms with E-state index in [0.29, 0.717) is 5.56 Å². The smallest absolute Gasteiger partial charge is 0.251 e. The van der Waals surface area contributed by atoms with Crippen LogP contribution in [-0.4, -0.2) is 11.3 Å². The van der Waals surface area contributed by atoms with Crippen molar-refractivity contribution >= 4 is 40.1 Å². The van der Waals surface area contributed by atoms with E-state index in [-0.39, 0.29) is 17.3 Å². The first kappa shape index (κ1) is 13.9. The Hall–Kier alpha value is -1.07. The quantitative estimate of drug-likeness (QED) is 0.604. The summed E-state index contributed by atoms with van der Waals surface area (Å²) in [5.74, 6) is -0.0752. The summed E-state index contributed by atoms with van der Waals surface area (Å²) in [7, 11) is 0. The molecule has 2 nitrogen and oxygen atoms in total. The van der Waals surface area contributed by atoms with Gasteiger partial charge in [-0.1, -0.05) is 24.3 Å². The van der Waals surface area contributed by atoms with Crippen molar-refractivity contribution in [2.75, 3.05) is 0 Å². The van der Waals surface area contributed by atoms with Gasteiger partial charge in [-0.15, -0.1) is 11.6 Å². The second-order valence-electron chi connectivity index (χ2n) is 4.88. The number of hydrogen-bond acceptors (Lipinski definition) is 1. The molecule has 1 N–H and O–H groups in total. The highest BCUT2D eigenvalue weighted by Crippen LogP contribution is 2.34. The van der Waals surface area contributed by atoms with Gasteiger partial charge in [0.15, 0.2) is 0 Å². The fourth-order valence-corrected chi connectivity index (χ4v) is 3.26. The SMILES string of the molecule is O=C(NC1c2ccccc2CC1Cl)c1ccc(I)cc1. The maximum Gasteiger partial charge on any atom is 0.251 e. The first-order valence-corrected chi connectivity index (χ1v) is 7.95. The second-order valence-corrected chi connectivity index (χ2v) is 6.68. The number of nitrogens with one attached hydrogen (secondary N) is 1. The highest BCUT2D eigenvalue weighted by Gasteiger charge is 2.31. The molecule has 0 heterocycles. The highest BCUT2D eigenvalue weighted by molar-refractivity contribution is 14.1. The van der Waals surface area contributed by atoms with Gasteiger partial charge >= 0.3 is 0 Å². The third-order valence-corrected chi connectivity index (χ3v) is 4.69. The molecule has 2 aromatic carbocycles. The van der Waals surface area contributed by atoms with Crippen LogP contribution >= 0.6 is 34.2 Å². The summed E-state index contributed by atoms with van der Waals surface area (Å²) in [4.78, 5) is 12.3. The Labute approximate surface area is 136 Å². The molecule has 0 saturated carbocycles. The standard InChI is InChI=1S/C16H13ClINO/c17-14-9-11-3-1-2-4-13(11)15(14)19-16(20)10-5-7-12(18)8-6-10/h1-8,14-15H,9H2,(H,19,20). The van der Waals surface area contributed by atoms with E-state index in [9.17, 15) is 4.79 Å². The summed E-state index contributed by atoms with van der Waals surface area (Å²) in [6.45, 7) is 0. The molecule has 20 heavy (non-hydrogen) atoms. The van der Waals surface area contributed by atoms with Gasteiger partial charge in [0.1, 0.15) is 0 Å². The molecule has 0 saturated heterocycles. The van der Waals surface area contributed by atoms with Crippen LogP contribution < -0.4 is 5.32 Å². The van der Waals surface area contributed by atoms with Crippen molar-refractivity contribution in [3.8, 4) is 0 Å². The Kier molecular flexibility index (Phi) is 3.98. The van der Waals surface area contributed by atoms with E-state index in [1.54, 1.807) is 0 Å². The number of hydrogen-bond donors (Lipinski definition) is 1. The number of benzene rings is 2. The summed E-state index contributed by atoms with van der Waals surface area (Å²) in [5, 5.41) is 2.96. The maximum absolute atomic E-state index is 12.3. The van der Waals surface area contributed by atoms with Gasteiger partial charge in [-0.2, -0.15) is 0 Å². The normalized spacial score (nSPS) is 20.5. The first-order chi connectivity index (χ1) is 9.65. The van der Waals surface area contributed by atoms with Gasteiger partial charge in [-0.3, -0.25) is 4.79 Å². The minimum atomic E-state index is -0.111. The summed E-state index contributed by atoms with van der Waals surface area (Å²) >= 11 is 8.61.